The second kappa shape index (κ2) is 9.40. The number of carboxylic acid groups (broad SMARTS) is 1. The summed E-state index contributed by atoms with van der Waals surface area (Å²) in [7, 11) is 0. The molecule has 3 aliphatic rings. The molecule has 9 heteroatoms. The molecule has 4 rings (SSSR count). The number of carbonyl (C=O) groups excluding carboxylic acids is 1. The fraction of sp³-hybridized carbons (Fsp3) is 0.682. The van der Waals surface area contributed by atoms with Crippen LogP contribution in [-0.2, 0) is 9.53 Å². The Labute approximate surface area is 182 Å². The average Bonchev–Trinajstić information content (AvgIpc) is 3.14. The van der Waals surface area contributed by atoms with E-state index < -0.39 is 11.6 Å². The van der Waals surface area contributed by atoms with Gasteiger partial charge in [-0.05, 0) is 44.2 Å². The molecule has 9 nitrogen and oxygen atoms in total. The van der Waals surface area contributed by atoms with Gasteiger partial charge in [-0.2, -0.15) is 0 Å². The number of hydrogen-bond donors (Lipinski definition) is 2. The highest BCUT2D eigenvalue weighted by Gasteiger charge is 2.38. The van der Waals surface area contributed by atoms with Crippen molar-refractivity contribution >= 4 is 17.7 Å². The monoisotopic (exact) mass is 432 g/mol. The molecule has 0 bridgehead atoms. The first-order valence-electron chi connectivity index (χ1n) is 11.2. The smallest absolute Gasteiger partial charge is 0.410 e. The third kappa shape index (κ3) is 5.46. The Balaban J connectivity index is 1.19. The number of ether oxygens (including phenoxy) is 1. The van der Waals surface area contributed by atoms with Crippen LogP contribution in [0.4, 0.5) is 10.5 Å². The number of carboxylic acids is 1. The zero-order valence-corrected chi connectivity index (χ0v) is 17.9. The van der Waals surface area contributed by atoms with Crippen LogP contribution in [0.1, 0.15) is 38.5 Å². The number of aromatic nitrogens is 1. The maximum atomic E-state index is 12.5. The molecule has 3 saturated heterocycles. The highest BCUT2D eigenvalue weighted by Crippen LogP contribution is 2.28. The standard InChI is InChI=1S/C22H32N4O5/c27-20(28)15-22(30)6-13-24(14-7-22)10-5-19-16-26(21(29)31-19)18-3-11-25(12-4-18)17-1-8-23-9-2-17/h1-2,8-9,18-19,30H,3-7,10-16H2,(H,27,28). The van der Waals surface area contributed by atoms with E-state index in [4.69, 9.17) is 9.84 Å². The van der Waals surface area contributed by atoms with Gasteiger partial charge in [-0.15, -0.1) is 0 Å². The maximum absolute atomic E-state index is 12.5. The number of nitrogens with zero attached hydrogens (tertiary/aromatic N) is 4. The summed E-state index contributed by atoms with van der Waals surface area (Å²) in [5, 5.41) is 19.3. The van der Waals surface area contributed by atoms with Crippen LogP contribution in [0.25, 0.3) is 0 Å². The predicted molar refractivity (Wildman–Crippen MR) is 114 cm³/mol. The highest BCUT2D eigenvalue weighted by atomic mass is 16.6. The van der Waals surface area contributed by atoms with Crippen LogP contribution >= 0.6 is 0 Å². The molecule has 1 unspecified atom stereocenters. The molecule has 0 radical (unpaired) electrons. The molecule has 0 aromatic carbocycles. The molecule has 0 saturated carbocycles. The lowest BCUT2D eigenvalue weighted by Gasteiger charge is -2.37. The number of rotatable bonds is 7. The van der Waals surface area contributed by atoms with Crippen LogP contribution in [0, 0.1) is 0 Å². The van der Waals surface area contributed by atoms with Gasteiger partial charge in [0.25, 0.3) is 0 Å². The zero-order chi connectivity index (χ0) is 21.8. The molecule has 2 N–H and O–H groups in total. The van der Waals surface area contributed by atoms with Crippen molar-refractivity contribution in [3.05, 3.63) is 24.5 Å². The molecule has 1 aromatic rings. The van der Waals surface area contributed by atoms with Crippen LogP contribution in [0.2, 0.25) is 0 Å². The van der Waals surface area contributed by atoms with E-state index in [0.29, 0.717) is 32.5 Å². The van der Waals surface area contributed by atoms with Crippen molar-refractivity contribution in [2.24, 2.45) is 0 Å². The average molecular weight is 433 g/mol. The molecule has 0 spiro atoms. The summed E-state index contributed by atoms with van der Waals surface area (Å²) in [4.78, 5) is 33.9. The molecule has 170 valence electrons. The Morgan fingerprint density at radius 2 is 1.84 bits per heavy atom. The number of likely N-dealkylation sites (tertiary alicyclic amines) is 1. The van der Waals surface area contributed by atoms with Crippen LogP contribution in [0.15, 0.2) is 24.5 Å². The highest BCUT2D eigenvalue weighted by molar-refractivity contribution is 5.70. The summed E-state index contributed by atoms with van der Waals surface area (Å²) in [6.45, 7) is 4.58. The van der Waals surface area contributed by atoms with E-state index in [1.807, 2.05) is 17.0 Å². The normalized spacial score (nSPS) is 24.9. The number of cyclic esters (lactones) is 1. The number of aliphatic hydroxyl groups is 1. The van der Waals surface area contributed by atoms with Crippen molar-refractivity contribution in [3.63, 3.8) is 0 Å². The van der Waals surface area contributed by atoms with E-state index in [0.717, 1.165) is 38.9 Å². The summed E-state index contributed by atoms with van der Waals surface area (Å²) >= 11 is 0. The second-order valence-electron chi connectivity index (χ2n) is 9.01. The number of carbonyl (C=O) groups is 2. The molecule has 1 aromatic heterocycles. The molecular formula is C22H32N4O5. The quantitative estimate of drug-likeness (QED) is 0.669. The molecule has 1 atom stereocenters. The van der Waals surface area contributed by atoms with E-state index in [1.165, 1.54) is 5.69 Å². The molecule has 31 heavy (non-hydrogen) atoms. The largest absolute Gasteiger partial charge is 0.481 e. The molecule has 3 fully saturated rings. The van der Waals surface area contributed by atoms with Crippen LogP contribution in [0.5, 0.6) is 0 Å². The van der Waals surface area contributed by atoms with Gasteiger partial charge in [0.1, 0.15) is 6.10 Å². The van der Waals surface area contributed by atoms with Gasteiger partial charge in [-0.1, -0.05) is 0 Å². The van der Waals surface area contributed by atoms with E-state index in [2.05, 4.69) is 14.8 Å². The minimum absolute atomic E-state index is 0.106. The van der Waals surface area contributed by atoms with Crippen molar-refractivity contribution < 1.29 is 24.5 Å². The minimum Gasteiger partial charge on any atom is -0.481 e. The SMILES string of the molecule is O=C(O)CC1(O)CCN(CCC2CN(C3CCN(c4ccncc4)CC3)C(=O)O2)CC1. The van der Waals surface area contributed by atoms with E-state index in [-0.39, 0.29) is 24.7 Å². The zero-order valence-electron chi connectivity index (χ0n) is 17.9. The molecule has 3 aliphatic heterocycles. The summed E-state index contributed by atoms with van der Waals surface area (Å²) in [5.74, 6) is -0.958. The number of hydrogen-bond acceptors (Lipinski definition) is 7. The lowest BCUT2D eigenvalue weighted by Crippen LogP contribution is -2.46. The lowest BCUT2D eigenvalue weighted by atomic mass is 9.88. The van der Waals surface area contributed by atoms with Crippen LogP contribution < -0.4 is 4.90 Å². The Morgan fingerprint density at radius 1 is 1.16 bits per heavy atom. The number of pyridine rings is 1. The predicted octanol–water partition coefficient (Wildman–Crippen LogP) is 1.56. The molecule has 4 heterocycles. The second-order valence-corrected chi connectivity index (χ2v) is 9.01. The summed E-state index contributed by atoms with van der Waals surface area (Å²) in [6.07, 6.45) is 6.64. The number of amides is 1. The van der Waals surface area contributed by atoms with Crippen molar-refractivity contribution in [3.8, 4) is 0 Å². The lowest BCUT2D eigenvalue weighted by molar-refractivity contribution is -0.144. The molecule has 1 amide bonds. The first kappa shape index (κ1) is 21.8. The van der Waals surface area contributed by atoms with Crippen molar-refractivity contribution in [2.45, 2.75) is 56.3 Å². The number of aliphatic carboxylic acids is 1. The van der Waals surface area contributed by atoms with Gasteiger partial charge < -0.3 is 29.6 Å². The first-order valence-corrected chi connectivity index (χ1v) is 11.2. The Kier molecular flexibility index (Phi) is 6.62. The summed E-state index contributed by atoms with van der Waals surface area (Å²) in [6, 6.07) is 4.25. The molecule has 0 aliphatic carbocycles. The number of anilines is 1. The van der Waals surface area contributed by atoms with Crippen molar-refractivity contribution in [1.29, 1.82) is 0 Å². The van der Waals surface area contributed by atoms with Gasteiger partial charge in [0, 0.05) is 56.8 Å². The first-order chi connectivity index (χ1) is 14.9. The topological polar surface area (TPSA) is 106 Å². The van der Waals surface area contributed by atoms with Gasteiger partial charge in [-0.3, -0.25) is 9.78 Å². The van der Waals surface area contributed by atoms with Crippen molar-refractivity contribution in [2.75, 3.05) is 44.2 Å². The van der Waals surface area contributed by atoms with Gasteiger partial charge in [0.15, 0.2) is 0 Å². The fourth-order valence-electron chi connectivity index (χ4n) is 4.96. The third-order valence-electron chi connectivity index (χ3n) is 6.87. The van der Waals surface area contributed by atoms with Crippen molar-refractivity contribution in [1.82, 2.24) is 14.8 Å². The minimum atomic E-state index is -1.09. The maximum Gasteiger partial charge on any atom is 0.410 e. The van der Waals surface area contributed by atoms with E-state index in [1.54, 1.807) is 12.4 Å². The van der Waals surface area contributed by atoms with E-state index in [9.17, 15) is 14.7 Å². The van der Waals surface area contributed by atoms with E-state index >= 15 is 0 Å². The Bertz CT molecular complexity index is 760. The van der Waals surface area contributed by atoms with Crippen LogP contribution in [-0.4, -0.2) is 94.1 Å². The Morgan fingerprint density at radius 3 is 2.48 bits per heavy atom. The fourth-order valence-corrected chi connectivity index (χ4v) is 4.96. The van der Waals surface area contributed by atoms with Crippen LogP contribution in [0.3, 0.4) is 0 Å². The summed E-state index contributed by atoms with van der Waals surface area (Å²) < 4.78 is 5.63. The van der Waals surface area contributed by atoms with Gasteiger partial charge in [0.2, 0.25) is 0 Å². The number of piperidine rings is 2. The van der Waals surface area contributed by atoms with Gasteiger partial charge >= 0.3 is 12.1 Å². The Hall–Kier alpha value is -2.39. The molecular weight excluding hydrogens is 400 g/mol. The van der Waals surface area contributed by atoms with Gasteiger partial charge in [-0.25, -0.2) is 4.79 Å². The third-order valence-corrected chi connectivity index (χ3v) is 6.87. The summed E-state index contributed by atoms with van der Waals surface area (Å²) in [5.41, 5.74) is 0.0801. The van der Waals surface area contributed by atoms with Gasteiger partial charge in [0.05, 0.1) is 18.6 Å².